The Bertz CT molecular complexity index is 684. The van der Waals surface area contributed by atoms with Crippen LogP contribution in [0.2, 0.25) is 0 Å². The summed E-state index contributed by atoms with van der Waals surface area (Å²) in [5.41, 5.74) is 7.14. The molecule has 0 spiro atoms. The van der Waals surface area contributed by atoms with Crippen molar-refractivity contribution < 1.29 is 17.9 Å². The lowest BCUT2D eigenvalue weighted by atomic mass is 10.2. The Balaban J connectivity index is 2.92. The molecule has 0 aliphatic carbocycles. The van der Waals surface area contributed by atoms with Gasteiger partial charge in [0, 0.05) is 0 Å². The van der Waals surface area contributed by atoms with Crippen LogP contribution < -0.4 is 15.9 Å². The van der Waals surface area contributed by atoms with Gasteiger partial charge in [-0.15, -0.1) is 0 Å². The van der Waals surface area contributed by atoms with Crippen molar-refractivity contribution in [2.75, 3.05) is 12.0 Å². The predicted molar refractivity (Wildman–Crippen MR) is 71.3 cm³/mol. The van der Waals surface area contributed by atoms with Crippen LogP contribution in [0.5, 0.6) is 5.75 Å². The molecule has 0 aromatic heterocycles. The molecule has 114 valence electrons. The van der Waals surface area contributed by atoms with Gasteiger partial charge in [-0.25, -0.2) is 0 Å². The van der Waals surface area contributed by atoms with Gasteiger partial charge in [0.15, 0.2) is 12.4 Å². The number of halogens is 3. The monoisotopic (exact) mass is 310 g/mol. The minimum Gasteiger partial charge on any atom is -0.483 e. The molecule has 1 rings (SSSR count). The van der Waals surface area contributed by atoms with Gasteiger partial charge in [0.1, 0.15) is 17.9 Å². The van der Waals surface area contributed by atoms with Gasteiger partial charge >= 0.3 is 6.18 Å². The molecule has 0 aliphatic heterocycles. The van der Waals surface area contributed by atoms with Crippen molar-refractivity contribution in [2.24, 2.45) is 10.8 Å². The largest absolute Gasteiger partial charge is 0.483 e. The van der Waals surface area contributed by atoms with Crippen LogP contribution in [-0.4, -0.2) is 24.3 Å². The Morgan fingerprint density at radius 3 is 2.59 bits per heavy atom. The Morgan fingerprint density at radius 1 is 1.41 bits per heavy atom. The van der Waals surface area contributed by atoms with Gasteiger partial charge in [-0.05, 0) is 18.2 Å². The van der Waals surface area contributed by atoms with E-state index in [1.54, 1.807) is 12.1 Å². The number of benzene rings is 1. The third-order valence-electron chi connectivity index (χ3n) is 2.15. The number of ether oxygens (including phenoxy) is 1. The number of rotatable bonds is 5. The van der Waals surface area contributed by atoms with Crippen LogP contribution >= 0.6 is 0 Å². The van der Waals surface area contributed by atoms with Crippen molar-refractivity contribution in [1.29, 1.82) is 15.9 Å². The highest BCUT2D eigenvalue weighted by Gasteiger charge is 2.28. The van der Waals surface area contributed by atoms with Gasteiger partial charge in [-0.1, -0.05) is 0 Å². The number of nitrogens with one attached hydrogen (secondary N) is 2. The second kappa shape index (κ2) is 6.95. The summed E-state index contributed by atoms with van der Waals surface area (Å²) in [6.07, 6.45) is -4.52. The lowest BCUT2D eigenvalue weighted by Crippen LogP contribution is -2.21. The van der Waals surface area contributed by atoms with Crippen molar-refractivity contribution in [3.8, 4) is 17.9 Å². The van der Waals surface area contributed by atoms with E-state index in [1.807, 2.05) is 0 Å². The van der Waals surface area contributed by atoms with Crippen LogP contribution in [0.3, 0.4) is 0 Å². The minimum absolute atomic E-state index is 0.147. The number of nitriles is 2. The number of hydrogen-bond donors (Lipinski definition) is 3. The standard InChI is InChI=1S/C12H9F3N6O/c13-12(14,15)6-22-10-2-1-8(3-7(10)4-16)20-21-9(5-17)11(18)19/h1-3,20H,6H2,(H3,18,19)/b21-9+. The van der Waals surface area contributed by atoms with Crippen molar-refractivity contribution in [3.63, 3.8) is 0 Å². The Kier molecular flexibility index (Phi) is 5.30. The number of hydrazone groups is 1. The maximum Gasteiger partial charge on any atom is 0.422 e. The molecule has 0 atom stereocenters. The van der Waals surface area contributed by atoms with E-state index in [0.29, 0.717) is 0 Å². The second-order valence-corrected chi connectivity index (χ2v) is 3.82. The zero-order chi connectivity index (χ0) is 16.8. The molecule has 0 aliphatic rings. The van der Waals surface area contributed by atoms with Crippen LogP contribution in [-0.2, 0) is 0 Å². The molecule has 0 bridgehead atoms. The molecule has 0 fully saturated rings. The molecule has 0 amide bonds. The van der Waals surface area contributed by atoms with Gasteiger partial charge in [0.2, 0.25) is 5.71 Å². The summed E-state index contributed by atoms with van der Waals surface area (Å²) in [7, 11) is 0. The first-order chi connectivity index (χ1) is 10.3. The smallest absolute Gasteiger partial charge is 0.422 e. The summed E-state index contributed by atoms with van der Waals surface area (Å²) in [5, 5.41) is 28.1. The first-order valence-corrected chi connectivity index (χ1v) is 5.58. The van der Waals surface area contributed by atoms with E-state index < -0.39 is 18.6 Å². The quantitative estimate of drug-likeness (QED) is 0.433. The molecular formula is C12H9F3N6O. The van der Waals surface area contributed by atoms with Crippen LogP contribution in [0.1, 0.15) is 5.56 Å². The number of hydrogen-bond acceptors (Lipinski definition) is 6. The number of nitrogens with zero attached hydrogens (tertiary/aromatic N) is 3. The number of alkyl halides is 3. The summed E-state index contributed by atoms with van der Waals surface area (Å²) in [4.78, 5) is 0. The first-order valence-electron chi connectivity index (χ1n) is 5.58. The average Bonchev–Trinajstić information content (AvgIpc) is 2.45. The number of nitrogens with two attached hydrogens (primary N) is 1. The molecule has 0 heterocycles. The molecular weight excluding hydrogens is 301 g/mol. The Hall–Kier alpha value is -3.27. The molecule has 4 N–H and O–H groups in total. The topological polar surface area (TPSA) is 131 Å². The minimum atomic E-state index is -4.52. The summed E-state index contributed by atoms with van der Waals surface area (Å²) < 4.78 is 40.8. The van der Waals surface area contributed by atoms with Crippen LogP contribution in [0, 0.1) is 28.1 Å². The lowest BCUT2D eigenvalue weighted by Gasteiger charge is -2.11. The number of anilines is 1. The van der Waals surface area contributed by atoms with Crippen LogP contribution in [0.25, 0.3) is 0 Å². The molecule has 22 heavy (non-hydrogen) atoms. The van der Waals surface area contributed by atoms with E-state index in [4.69, 9.17) is 21.7 Å². The fourth-order valence-electron chi connectivity index (χ4n) is 1.24. The van der Waals surface area contributed by atoms with E-state index >= 15 is 0 Å². The summed E-state index contributed by atoms with van der Waals surface area (Å²) >= 11 is 0. The molecule has 7 nitrogen and oxygen atoms in total. The van der Waals surface area contributed by atoms with Crippen molar-refractivity contribution in [2.45, 2.75) is 6.18 Å². The third kappa shape index (κ3) is 5.02. The van der Waals surface area contributed by atoms with Gasteiger partial charge in [0.25, 0.3) is 0 Å². The fraction of sp³-hybridized carbons (Fsp3) is 0.167. The molecule has 0 radical (unpaired) electrons. The predicted octanol–water partition coefficient (Wildman–Crippen LogP) is 1.73. The van der Waals surface area contributed by atoms with Gasteiger partial charge in [0.05, 0.1) is 11.3 Å². The zero-order valence-corrected chi connectivity index (χ0v) is 10.9. The van der Waals surface area contributed by atoms with E-state index in [1.165, 1.54) is 12.1 Å². The van der Waals surface area contributed by atoms with E-state index in [2.05, 4.69) is 15.3 Å². The van der Waals surface area contributed by atoms with Crippen LogP contribution in [0.15, 0.2) is 23.3 Å². The maximum absolute atomic E-state index is 12.1. The normalized spacial score (nSPS) is 11.2. The van der Waals surface area contributed by atoms with Gasteiger partial charge < -0.3 is 10.5 Å². The zero-order valence-electron chi connectivity index (χ0n) is 10.9. The summed E-state index contributed by atoms with van der Waals surface area (Å²) in [6, 6.07) is 6.89. The van der Waals surface area contributed by atoms with E-state index in [-0.39, 0.29) is 22.7 Å². The summed E-state index contributed by atoms with van der Waals surface area (Å²) in [6.45, 7) is -1.52. The average molecular weight is 310 g/mol. The van der Waals surface area contributed by atoms with Crippen LogP contribution in [0.4, 0.5) is 18.9 Å². The molecule has 0 saturated heterocycles. The van der Waals surface area contributed by atoms with Crippen molar-refractivity contribution in [3.05, 3.63) is 23.8 Å². The summed E-state index contributed by atoms with van der Waals surface area (Å²) in [5.74, 6) is -0.790. The lowest BCUT2D eigenvalue weighted by molar-refractivity contribution is -0.153. The molecule has 0 unspecified atom stereocenters. The molecule has 0 saturated carbocycles. The maximum atomic E-state index is 12.1. The molecule has 1 aromatic rings. The Labute approximate surface area is 122 Å². The van der Waals surface area contributed by atoms with Crippen molar-refractivity contribution in [1.82, 2.24) is 0 Å². The van der Waals surface area contributed by atoms with E-state index in [9.17, 15) is 13.2 Å². The Morgan fingerprint density at radius 2 is 2.09 bits per heavy atom. The van der Waals surface area contributed by atoms with E-state index in [0.717, 1.165) is 6.07 Å². The second-order valence-electron chi connectivity index (χ2n) is 3.82. The number of amidine groups is 1. The highest BCUT2D eigenvalue weighted by molar-refractivity contribution is 6.45. The SMILES string of the molecule is N#C/C(=N\Nc1ccc(OCC(F)(F)F)c(C#N)c1)C(=N)N. The molecule has 10 heteroatoms. The van der Waals surface area contributed by atoms with Gasteiger partial charge in [-0.3, -0.25) is 10.8 Å². The fourth-order valence-corrected chi connectivity index (χ4v) is 1.24. The highest BCUT2D eigenvalue weighted by atomic mass is 19.4. The first kappa shape index (κ1) is 16.8. The molecule has 1 aromatic carbocycles. The van der Waals surface area contributed by atoms with Crippen molar-refractivity contribution >= 4 is 17.2 Å². The van der Waals surface area contributed by atoms with Gasteiger partial charge in [-0.2, -0.15) is 28.8 Å². The third-order valence-corrected chi connectivity index (χ3v) is 2.15. The highest BCUT2D eigenvalue weighted by Crippen LogP contribution is 2.24.